The zero-order valence-corrected chi connectivity index (χ0v) is 15.2. The van der Waals surface area contributed by atoms with Gasteiger partial charge in [-0.1, -0.05) is 84.9 Å². The van der Waals surface area contributed by atoms with Gasteiger partial charge in [0.15, 0.2) is 0 Å². The zero-order chi connectivity index (χ0) is 18.2. The maximum atomic E-state index is 4.86. The number of aromatic nitrogens is 1. The number of hydrogen-bond donors (Lipinski definition) is 0. The molecule has 128 valence electrons. The van der Waals surface area contributed by atoms with Crippen molar-refractivity contribution in [3.05, 3.63) is 103 Å². The Kier molecular flexibility index (Phi) is 3.72. The van der Waals surface area contributed by atoms with Gasteiger partial charge < -0.3 is 0 Å². The maximum absolute atomic E-state index is 4.86. The molecule has 0 saturated heterocycles. The Bertz CT molecular complexity index is 1180. The molecule has 0 spiro atoms. The van der Waals surface area contributed by atoms with Crippen LogP contribution in [0.25, 0.3) is 43.9 Å². The average Bonchev–Trinajstić information content (AvgIpc) is 2.72. The van der Waals surface area contributed by atoms with E-state index < -0.39 is 0 Å². The highest BCUT2D eigenvalue weighted by Crippen LogP contribution is 2.33. The summed E-state index contributed by atoms with van der Waals surface area (Å²) >= 11 is 0. The zero-order valence-electron chi connectivity index (χ0n) is 15.2. The van der Waals surface area contributed by atoms with Gasteiger partial charge in [-0.25, -0.2) is 0 Å². The summed E-state index contributed by atoms with van der Waals surface area (Å²) in [5.41, 5.74) is 5.69. The fourth-order valence-corrected chi connectivity index (χ4v) is 3.89. The van der Waals surface area contributed by atoms with E-state index in [2.05, 4.69) is 104 Å². The molecule has 5 rings (SSSR count). The standard InChI is InChI=1S/C26H19N/c1-18-16-21(24-14-6-10-19-8-2-4-12-22(19)24)17-26(27-18)25-15-7-11-20-9-3-5-13-23(20)25/h2-17H,1H3. The van der Waals surface area contributed by atoms with Crippen molar-refractivity contribution in [2.45, 2.75) is 6.92 Å². The van der Waals surface area contributed by atoms with Crippen LogP contribution in [0.4, 0.5) is 0 Å². The lowest BCUT2D eigenvalue weighted by atomic mass is 9.95. The third kappa shape index (κ3) is 2.78. The fraction of sp³-hybridized carbons (Fsp3) is 0.0385. The molecule has 0 bridgehead atoms. The van der Waals surface area contributed by atoms with E-state index in [1.807, 2.05) is 0 Å². The highest BCUT2D eigenvalue weighted by atomic mass is 14.7. The molecule has 0 atom stereocenters. The Hall–Kier alpha value is -3.45. The normalized spacial score (nSPS) is 11.1. The van der Waals surface area contributed by atoms with Gasteiger partial charge in [0.1, 0.15) is 0 Å². The average molecular weight is 345 g/mol. The lowest BCUT2D eigenvalue weighted by Crippen LogP contribution is -1.91. The highest BCUT2D eigenvalue weighted by Gasteiger charge is 2.10. The van der Waals surface area contributed by atoms with Crippen molar-refractivity contribution in [3.63, 3.8) is 0 Å². The Labute approximate surface area is 158 Å². The van der Waals surface area contributed by atoms with Crippen LogP contribution in [0.2, 0.25) is 0 Å². The van der Waals surface area contributed by atoms with Gasteiger partial charge >= 0.3 is 0 Å². The third-order valence-corrected chi connectivity index (χ3v) is 5.12. The lowest BCUT2D eigenvalue weighted by Gasteiger charge is -2.12. The first-order valence-electron chi connectivity index (χ1n) is 9.24. The van der Waals surface area contributed by atoms with Crippen molar-refractivity contribution in [2.24, 2.45) is 0 Å². The molecule has 1 aromatic heterocycles. The van der Waals surface area contributed by atoms with E-state index in [0.717, 1.165) is 11.4 Å². The van der Waals surface area contributed by atoms with E-state index >= 15 is 0 Å². The molecular weight excluding hydrogens is 326 g/mol. The predicted molar refractivity (Wildman–Crippen MR) is 115 cm³/mol. The molecular formula is C26H19N. The van der Waals surface area contributed by atoms with Crippen molar-refractivity contribution >= 4 is 21.5 Å². The number of nitrogens with zero attached hydrogens (tertiary/aromatic N) is 1. The summed E-state index contributed by atoms with van der Waals surface area (Å²) in [6.45, 7) is 2.07. The molecule has 5 aromatic rings. The van der Waals surface area contributed by atoms with Crippen LogP contribution in [0, 0.1) is 6.92 Å². The molecule has 27 heavy (non-hydrogen) atoms. The quantitative estimate of drug-likeness (QED) is 0.335. The molecule has 0 saturated carbocycles. The fourth-order valence-electron chi connectivity index (χ4n) is 3.89. The Morgan fingerprint density at radius 1 is 0.556 bits per heavy atom. The topological polar surface area (TPSA) is 12.9 Å². The number of rotatable bonds is 2. The third-order valence-electron chi connectivity index (χ3n) is 5.12. The summed E-state index contributed by atoms with van der Waals surface area (Å²) in [4.78, 5) is 4.86. The van der Waals surface area contributed by atoms with Crippen LogP contribution in [0.5, 0.6) is 0 Å². The minimum absolute atomic E-state index is 1.02. The van der Waals surface area contributed by atoms with E-state index in [1.165, 1.54) is 38.2 Å². The van der Waals surface area contributed by atoms with Crippen LogP contribution in [-0.2, 0) is 0 Å². The monoisotopic (exact) mass is 345 g/mol. The molecule has 0 N–H and O–H groups in total. The van der Waals surface area contributed by atoms with Gasteiger partial charge in [0, 0.05) is 11.3 Å². The van der Waals surface area contributed by atoms with E-state index in [9.17, 15) is 0 Å². The number of pyridine rings is 1. The summed E-state index contributed by atoms with van der Waals surface area (Å²) < 4.78 is 0. The summed E-state index contributed by atoms with van der Waals surface area (Å²) in [7, 11) is 0. The van der Waals surface area contributed by atoms with Crippen LogP contribution >= 0.6 is 0 Å². The van der Waals surface area contributed by atoms with Gasteiger partial charge in [-0.3, -0.25) is 4.98 Å². The second-order valence-electron chi connectivity index (χ2n) is 6.94. The molecule has 0 aliphatic carbocycles. The number of aryl methyl sites for hydroxylation is 1. The van der Waals surface area contributed by atoms with E-state index in [4.69, 9.17) is 4.98 Å². The molecule has 4 aromatic carbocycles. The highest BCUT2D eigenvalue weighted by molar-refractivity contribution is 5.99. The van der Waals surface area contributed by atoms with Crippen molar-refractivity contribution < 1.29 is 0 Å². The van der Waals surface area contributed by atoms with Crippen LogP contribution in [0.1, 0.15) is 5.69 Å². The van der Waals surface area contributed by atoms with Crippen molar-refractivity contribution in [3.8, 4) is 22.4 Å². The Morgan fingerprint density at radius 3 is 1.81 bits per heavy atom. The SMILES string of the molecule is Cc1cc(-c2cccc3ccccc23)cc(-c2cccc3ccccc23)n1. The second kappa shape index (κ2) is 6.37. The Balaban J connectivity index is 1.76. The molecule has 0 unspecified atom stereocenters. The number of fused-ring (bicyclic) bond motifs is 2. The van der Waals surface area contributed by atoms with E-state index in [-0.39, 0.29) is 0 Å². The number of benzene rings is 4. The summed E-state index contributed by atoms with van der Waals surface area (Å²) in [5, 5.41) is 5.01. The first-order chi connectivity index (χ1) is 13.3. The molecule has 0 aliphatic rings. The molecule has 0 fully saturated rings. The van der Waals surface area contributed by atoms with Gasteiger partial charge in [0.2, 0.25) is 0 Å². The van der Waals surface area contributed by atoms with Crippen LogP contribution in [0.15, 0.2) is 97.1 Å². The van der Waals surface area contributed by atoms with Gasteiger partial charge in [-0.05, 0) is 51.7 Å². The molecule has 1 heterocycles. The first-order valence-corrected chi connectivity index (χ1v) is 9.24. The van der Waals surface area contributed by atoms with E-state index in [1.54, 1.807) is 0 Å². The van der Waals surface area contributed by atoms with Crippen LogP contribution in [-0.4, -0.2) is 4.98 Å². The molecule has 1 heteroatoms. The van der Waals surface area contributed by atoms with Gasteiger partial charge in [-0.15, -0.1) is 0 Å². The molecule has 1 nitrogen and oxygen atoms in total. The van der Waals surface area contributed by atoms with Gasteiger partial charge in [-0.2, -0.15) is 0 Å². The van der Waals surface area contributed by atoms with Gasteiger partial charge in [0.05, 0.1) is 5.69 Å². The molecule has 0 radical (unpaired) electrons. The minimum Gasteiger partial charge on any atom is -0.253 e. The van der Waals surface area contributed by atoms with Gasteiger partial charge in [0.25, 0.3) is 0 Å². The second-order valence-corrected chi connectivity index (χ2v) is 6.94. The lowest BCUT2D eigenvalue weighted by molar-refractivity contribution is 1.21. The van der Waals surface area contributed by atoms with Crippen molar-refractivity contribution in [1.82, 2.24) is 4.98 Å². The number of hydrogen-bond acceptors (Lipinski definition) is 1. The summed E-state index contributed by atoms with van der Waals surface area (Å²) in [6.07, 6.45) is 0. The van der Waals surface area contributed by atoms with Crippen molar-refractivity contribution in [1.29, 1.82) is 0 Å². The minimum atomic E-state index is 1.02. The first kappa shape index (κ1) is 15.8. The van der Waals surface area contributed by atoms with E-state index in [0.29, 0.717) is 0 Å². The van der Waals surface area contributed by atoms with Crippen LogP contribution < -0.4 is 0 Å². The summed E-state index contributed by atoms with van der Waals surface area (Å²) in [5.74, 6) is 0. The smallest absolute Gasteiger partial charge is 0.0717 e. The predicted octanol–water partition coefficient (Wildman–Crippen LogP) is 7.03. The molecule has 0 aliphatic heterocycles. The maximum Gasteiger partial charge on any atom is 0.0717 e. The molecule has 0 amide bonds. The summed E-state index contributed by atoms with van der Waals surface area (Å²) in [6, 6.07) is 34.4. The van der Waals surface area contributed by atoms with Crippen LogP contribution in [0.3, 0.4) is 0 Å². The van der Waals surface area contributed by atoms with Crippen molar-refractivity contribution in [2.75, 3.05) is 0 Å². The largest absolute Gasteiger partial charge is 0.253 e. The Morgan fingerprint density at radius 2 is 1.11 bits per heavy atom.